The minimum atomic E-state index is -0.140. The summed E-state index contributed by atoms with van der Waals surface area (Å²) in [4.78, 5) is 12.6. The lowest BCUT2D eigenvalue weighted by molar-refractivity contribution is 0.0952. The Balaban J connectivity index is 2.42. The molecular formula is C14H16N2OS. The maximum Gasteiger partial charge on any atom is 0.263 e. The van der Waals surface area contributed by atoms with E-state index in [-0.39, 0.29) is 11.9 Å². The molecule has 18 heavy (non-hydrogen) atoms. The van der Waals surface area contributed by atoms with Crippen molar-refractivity contribution in [2.24, 2.45) is 0 Å². The van der Waals surface area contributed by atoms with Gasteiger partial charge in [0, 0.05) is 16.1 Å². The maximum atomic E-state index is 12.1. The van der Waals surface area contributed by atoms with Crippen LogP contribution < -0.4 is 11.1 Å². The van der Waals surface area contributed by atoms with E-state index in [0.717, 1.165) is 15.6 Å². The van der Waals surface area contributed by atoms with Gasteiger partial charge in [-0.05, 0) is 26.0 Å². The number of fused-ring (bicyclic) bond motifs is 1. The van der Waals surface area contributed by atoms with Crippen LogP contribution >= 0.6 is 11.3 Å². The number of carbonyl (C=O) groups excluding carboxylic acids is 1. The van der Waals surface area contributed by atoms with Crippen LogP contribution in [0, 0.1) is 6.92 Å². The highest BCUT2D eigenvalue weighted by atomic mass is 32.1. The number of nitrogens with one attached hydrogen (secondary N) is 1. The number of rotatable bonds is 3. The first-order valence-electron chi connectivity index (χ1n) is 5.75. The highest BCUT2D eigenvalue weighted by Crippen LogP contribution is 2.34. The first-order valence-corrected chi connectivity index (χ1v) is 6.56. The van der Waals surface area contributed by atoms with Gasteiger partial charge in [0.2, 0.25) is 0 Å². The topological polar surface area (TPSA) is 55.1 Å². The number of amides is 1. The number of anilines is 1. The van der Waals surface area contributed by atoms with Crippen LogP contribution in [0.25, 0.3) is 10.1 Å². The monoisotopic (exact) mass is 260 g/mol. The highest BCUT2D eigenvalue weighted by Gasteiger charge is 2.17. The van der Waals surface area contributed by atoms with Gasteiger partial charge in [0.1, 0.15) is 4.88 Å². The molecule has 0 radical (unpaired) electrons. The van der Waals surface area contributed by atoms with E-state index in [9.17, 15) is 4.79 Å². The minimum absolute atomic E-state index is 0.0659. The molecule has 1 aromatic carbocycles. The lowest BCUT2D eigenvalue weighted by Crippen LogP contribution is -2.30. The third-order valence-electron chi connectivity index (χ3n) is 2.80. The van der Waals surface area contributed by atoms with Crippen LogP contribution in [0.2, 0.25) is 0 Å². The molecule has 1 aromatic heterocycles. The van der Waals surface area contributed by atoms with Gasteiger partial charge in [-0.2, -0.15) is 0 Å². The highest BCUT2D eigenvalue weighted by molar-refractivity contribution is 7.21. The molecule has 2 rings (SSSR count). The number of hydrogen-bond acceptors (Lipinski definition) is 3. The van der Waals surface area contributed by atoms with Gasteiger partial charge in [0.25, 0.3) is 5.91 Å². The number of nitrogen functional groups attached to an aromatic ring is 1. The molecule has 0 aliphatic carbocycles. The summed E-state index contributed by atoms with van der Waals surface area (Å²) in [7, 11) is 0. The first kappa shape index (κ1) is 12.6. The van der Waals surface area contributed by atoms with Crippen molar-refractivity contribution in [2.45, 2.75) is 19.9 Å². The van der Waals surface area contributed by atoms with Crippen molar-refractivity contribution in [1.29, 1.82) is 0 Å². The second-order valence-electron chi connectivity index (χ2n) is 4.34. The van der Waals surface area contributed by atoms with Gasteiger partial charge in [-0.25, -0.2) is 0 Å². The summed E-state index contributed by atoms with van der Waals surface area (Å²) in [6.45, 7) is 7.53. The number of benzene rings is 1. The molecule has 1 heterocycles. The molecule has 3 nitrogen and oxygen atoms in total. The molecule has 0 aliphatic rings. The van der Waals surface area contributed by atoms with E-state index in [4.69, 9.17) is 5.73 Å². The van der Waals surface area contributed by atoms with Crippen molar-refractivity contribution < 1.29 is 4.79 Å². The number of hydrogen-bond donors (Lipinski definition) is 2. The smallest absolute Gasteiger partial charge is 0.263 e. The predicted molar refractivity (Wildman–Crippen MR) is 78.1 cm³/mol. The van der Waals surface area contributed by atoms with Crippen molar-refractivity contribution in [3.63, 3.8) is 0 Å². The van der Waals surface area contributed by atoms with E-state index in [1.807, 2.05) is 32.0 Å². The fourth-order valence-corrected chi connectivity index (χ4v) is 2.74. The van der Waals surface area contributed by atoms with Gasteiger partial charge in [-0.1, -0.05) is 17.7 Å². The summed E-state index contributed by atoms with van der Waals surface area (Å²) < 4.78 is 1.04. The Morgan fingerprint density at radius 3 is 2.94 bits per heavy atom. The minimum Gasteiger partial charge on any atom is -0.397 e. The summed E-state index contributed by atoms with van der Waals surface area (Å²) in [5.74, 6) is -0.140. The molecule has 0 fully saturated rings. The zero-order valence-corrected chi connectivity index (χ0v) is 11.3. The van der Waals surface area contributed by atoms with E-state index >= 15 is 0 Å². The van der Waals surface area contributed by atoms with Crippen LogP contribution in [-0.2, 0) is 0 Å². The lowest BCUT2D eigenvalue weighted by atomic mass is 10.1. The van der Waals surface area contributed by atoms with Crippen molar-refractivity contribution in [2.75, 3.05) is 5.73 Å². The molecule has 0 aliphatic heterocycles. The Bertz CT molecular complexity index is 616. The molecule has 94 valence electrons. The molecule has 1 atom stereocenters. The maximum absolute atomic E-state index is 12.1. The third-order valence-corrected chi connectivity index (χ3v) is 3.99. The number of nitrogens with two attached hydrogens (primary N) is 1. The Morgan fingerprint density at radius 1 is 1.56 bits per heavy atom. The second-order valence-corrected chi connectivity index (χ2v) is 5.39. The fourth-order valence-electron chi connectivity index (χ4n) is 1.73. The summed E-state index contributed by atoms with van der Waals surface area (Å²) in [6, 6.07) is 5.96. The summed E-state index contributed by atoms with van der Waals surface area (Å²) in [6.07, 6.45) is 1.69. The first-order chi connectivity index (χ1) is 8.52. The van der Waals surface area contributed by atoms with Gasteiger partial charge in [0.05, 0.1) is 5.69 Å². The molecule has 1 unspecified atom stereocenters. The summed E-state index contributed by atoms with van der Waals surface area (Å²) in [5.41, 5.74) is 7.75. The van der Waals surface area contributed by atoms with Gasteiger partial charge >= 0.3 is 0 Å². The normalized spacial score (nSPS) is 12.3. The quantitative estimate of drug-likeness (QED) is 0.833. The number of aryl methyl sites for hydroxylation is 1. The Morgan fingerprint density at radius 2 is 2.28 bits per heavy atom. The molecule has 0 saturated heterocycles. The van der Waals surface area contributed by atoms with Gasteiger partial charge in [-0.15, -0.1) is 17.9 Å². The standard InChI is InChI=1S/C14H16N2OS/c1-4-9(3)16-14(17)13-12(15)10-7-8(2)5-6-11(10)18-13/h4-7,9H,1,15H2,2-3H3,(H,16,17). The van der Waals surface area contributed by atoms with Crippen molar-refractivity contribution in [1.82, 2.24) is 5.32 Å². The van der Waals surface area contributed by atoms with Crippen LogP contribution in [0.5, 0.6) is 0 Å². The van der Waals surface area contributed by atoms with Crippen LogP contribution in [0.15, 0.2) is 30.9 Å². The molecule has 0 bridgehead atoms. The van der Waals surface area contributed by atoms with E-state index in [1.165, 1.54) is 11.3 Å². The van der Waals surface area contributed by atoms with Gasteiger partial charge in [0.15, 0.2) is 0 Å². The molecule has 0 spiro atoms. The summed E-state index contributed by atoms with van der Waals surface area (Å²) in [5, 5.41) is 3.79. The predicted octanol–water partition coefficient (Wildman–Crippen LogP) is 3.10. The summed E-state index contributed by atoms with van der Waals surface area (Å²) >= 11 is 1.42. The third kappa shape index (κ3) is 2.24. The Labute approximate surface area is 110 Å². The molecule has 2 aromatic rings. The van der Waals surface area contributed by atoms with Crippen LogP contribution in [0.1, 0.15) is 22.2 Å². The number of thiophene rings is 1. The molecule has 4 heteroatoms. The molecular weight excluding hydrogens is 244 g/mol. The largest absolute Gasteiger partial charge is 0.397 e. The van der Waals surface area contributed by atoms with Gasteiger partial charge < -0.3 is 11.1 Å². The van der Waals surface area contributed by atoms with Crippen LogP contribution in [0.4, 0.5) is 5.69 Å². The van der Waals surface area contributed by atoms with Crippen LogP contribution in [-0.4, -0.2) is 11.9 Å². The van der Waals surface area contributed by atoms with E-state index in [0.29, 0.717) is 10.6 Å². The SMILES string of the molecule is C=CC(C)NC(=O)c1sc2ccc(C)cc2c1N. The number of carbonyl (C=O) groups is 1. The fraction of sp³-hybridized carbons (Fsp3) is 0.214. The van der Waals surface area contributed by atoms with Crippen molar-refractivity contribution in [3.8, 4) is 0 Å². The van der Waals surface area contributed by atoms with E-state index in [1.54, 1.807) is 6.08 Å². The van der Waals surface area contributed by atoms with Gasteiger partial charge in [-0.3, -0.25) is 4.79 Å². The average molecular weight is 260 g/mol. The average Bonchev–Trinajstić information content (AvgIpc) is 2.66. The van der Waals surface area contributed by atoms with E-state index < -0.39 is 0 Å². The second kappa shape index (κ2) is 4.82. The van der Waals surface area contributed by atoms with Crippen molar-refractivity contribution in [3.05, 3.63) is 41.3 Å². The molecule has 1 amide bonds. The van der Waals surface area contributed by atoms with Crippen LogP contribution in [0.3, 0.4) is 0 Å². The molecule has 0 saturated carbocycles. The lowest BCUT2D eigenvalue weighted by Gasteiger charge is -2.08. The zero-order valence-electron chi connectivity index (χ0n) is 10.5. The Kier molecular flexibility index (Phi) is 3.39. The molecule has 3 N–H and O–H groups in total. The van der Waals surface area contributed by atoms with Crippen molar-refractivity contribution >= 4 is 33.0 Å². The zero-order chi connectivity index (χ0) is 13.3. The Hall–Kier alpha value is -1.81. The van der Waals surface area contributed by atoms with E-state index in [2.05, 4.69) is 11.9 Å².